The Kier molecular flexibility index (Phi) is 3.76. The van der Waals surface area contributed by atoms with Crippen LogP contribution in [0.2, 0.25) is 0 Å². The van der Waals surface area contributed by atoms with Gasteiger partial charge in [-0.15, -0.1) is 0 Å². The van der Waals surface area contributed by atoms with Crippen LogP contribution in [-0.2, 0) is 4.79 Å². The van der Waals surface area contributed by atoms with E-state index in [-0.39, 0.29) is 11.6 Å². The summed E-state index contributed by atoms with van der Waals surface area (Å²) in [6.45, 7) is 0. The number of likely N-dealkylation sites (N-methyl/N-ethyl adjacent to an activating group) is 1. The van der Waals surface area contributed by atoms with Crippen molar-refractivity contribution in [3.63, 3.8) is 0 Å². The fourth-order valence-electron chi connectivity index (χ4n) is 3.18. The van der Waals surface area contributed by atoms with Gasteiger partial charge in [-0.05, 0) is 17.2 Å². The molecule has 0 bridgehead atoms. The topological polar surface area (TPSA) is 101 Å². The lowest BCUT2D eigenvalue weighted by Gasteiger charge is -2.38. The summed E-state index contributed by atoms with van der Waals surface area (Å²) in [6, 6.07) is 11.5. The molecule has 0 radical (unpaired) electrons. The molecule has 0 aromatic heterocycles. The second kappa shape index (κ2) is 5.77. The molecule has 1 N–H and O–H groups in total. The van der Waals surface area contributed by atoms with E-state index < -0.39 is 22.9 Å². The number of rotatable bonds is 3. The van der Waals surface area contributed by atoms with Crippen molar-refractivity contribution in [3.05, 3.63) is 75.3 Å². The van der Waals surface area contributed by atoms with Crippen LogP contribution in [0.1, 0.15) is 33.4 Å². The van der Waals surface area contributed by atoms with E-state index in [1.165, 1.54) is 30.1 Å². The number of hydrogen-bond acceptors (Lipinski definition) is 4. The van der Waals surface area contributed by atoms with Crippen LogP contribution in [0.5, 0.6) is 0 Å². The van der Waals surface area contributed by atoms with Crippen molar-refractivity contribution in [3.8, 4) is 0 Å². The van der Waals surface area contributed by atoms with Crippen molar-refractivity contribution in [2.45, 2.75) is 12.0 Å². The number of carbonyl (C=O) groups excluding carboxylic acids is 1. The molecule has 1 aliphatic heterocycles. The Balaban J connectivity index is 2.19. The lowest BCUT2D eigenvalue weighted by atomic mass is 9.80. The van der Waals surface area contributed by atoms with E-state index in [0.29, 0.717) is 16.7 Å². The first-order valence-electron chi connectivity index (χ1n) is 7.25. The first kappa shape index (κ1) is 15.7. The molecule has 1 amide bonds. The molecule has 0 saturated carbocycles. The second-order valence-corrected chi connectivity index (χ2v) is 5.62. The third-order valence-corrected chi connectivity index (χ3v) is 4.27. The van der Waals surface area contributed by atoms with Crippen molar-refractivity contribution in [1.82, 2.24) is 4.90 Å². The zero-order chi connectivity index (χ0) is 17.4. The van der Waals surface area contributed by atoms with Crippen LogP contribution in [0.25, 0.3) is 0 Å². The highest BCUT2D eigenvalue weighted by atomic mass is 16.6. The molecule has 0 unspecified atom stereocenters. The normalized spacial score (nSPS) is 19.7. The molecule has 1 heterocycles. The second-order valence-electron chi connectivity index (χ2n) is 5.62. The first-order valence-corrected chi connectivity index (χ1v) is 7.25. The molecule has 0 spiro atoms. The van der Waals surface area contributed by atoms with Crippen LogP contribution in [0.4, 0.5) is 5.69 Å². The number of fused-ring (bicyclic) bond motifs is 1. The zero-order valence-corrected chi connectivity index (χ0v) is 12.7. The van der Waals surface area contributed by atoms with Crippen molar-refractivity contribution < 1.29 is 19.6 Å². The van der Waals surface area contributed by atoms with Crippen LogP contribution in [0.3, 0.4) is 0 Å². The van der Waals surface area contributed by atoms with Gasteiger partial charge in [0.2, 0.25) is 0 Å². The highest BCUT2D eigenvalue weighted by Crippen LogP contribution is 2.42. The molecule has 0 fully saturated rings. The number of amides is 1. The molecular formula is C17H14N2O5. The van der Waals surface area contributed by atoms with Gasteiger partial charge in [0.1, 0.15) is 5.92 Å². The highest BCUT2D eigenvalue weighted by Gasteiger charge is 2.42. The highest BCUT2D eigenvalue weighted by molar-refractivity contribution is 6.00. The van der Waals surface area contributed by atoms with Gasteiger partial charge in [-0.1, -0.05) is 30.3 Å². The molecule has 1 aliphatic rings. The van der Waals surface area contributed by atoms with Crippen LogP contribution in [0.15, 0.2) is 48.5 Å². The van der Waals surface area contributed by atoms with Gasteiger partial charge >= 0.3 is 5.97 Å². The summed E-state index contributed by atoms with van der Waals surface area (Å²) in [6.07, 6.45) is 0. The summed E-state index contributed by atoms with van der Waals surface area (Å²) in [4.78, 5) is 36.3. The smallest absolute Gasteiger partial charge is 0.313 e. The van der Waals surface area contributed by atoms with Gasteiger partial charge in [0, 0.05) is 24.7 Å². The van der Waals surface area contributed by atoms with Crippen molar-refractivity contribution >= 4 is 17.6 Å². The summed E-state index contributed by atoms with van der Waals surface area (Å²) >= 11 is 0. The summed E-state index contributed by atoms with van der Waals surface area (Å²) in [7, 11) is 1.51. The van der Waals surface area contributed by atoms with E-state index in [2.05, 4.69) is 0 Å². The molecule has 0 saturated heterocycles. The number of non-ortho nitro benzene ring substituents is 1. The van der Waals surface area contributed by atoms with Gasteiger partial charge in [-0.3, -0.25) is 19.7 Å². The molecule has 3 rings (SSSR count). The van der Waals surface area contributed by atoms with Crippen molar-refractivity contribution in [2.24, 2.45) is 0 Å². The predicted molar refractivity (Wildman–Crippen MR) is 84.7 cm³/mol. The molecule has 2 aromatic carbocycles. The maximum atomic E-state index is 12.6. The summed E-state index contributed by atoms with van der Waals surface area (Å²) in [5.41, 5.74) is 1.04. The number of carbonyl (C=O) groups is 2. The monoisotopic (exact) mass is 326 g/mol. The average molecular weight is 326 g/mol. The Morgan fingerprint density at radius 2 is 1.92 bits per heavy atom. The van der Waals surface area contributed by atoms with Crippen molar-refractivity contribution in [1.29, 1.82) is 0 Å². The van der Waals surface area contributed by atoms with Gasteiger partial charge in [0.05, 0.1) is 11.0 Å². The minimum absolute atomic E-state index is 0.142. The van der Waals surface area contributed by atoms with E-state index in [1.54, 1.807) is 30.3 Å². The lowest BCUT2D eigenvalue weighted by Crippen LogP contribution is -2.42. The molecule has 7 nitrogen and oxygen atoms in total. The van der Waals surface area contributed by atoms with Gasteiger partial charge < -0.3 is 10.0 Å². The Labute approximate surface area is 137 Å². The Morgan fingerprint density at radius 1 is 1.21 bits per heavy atom. The Hall–Kier alpha value is -3.22. The van der Waals surface area contributed by atoms with Crippen LogP contribution >= 0.6 is 0 Å². The van der Waals surface area contributed by atoms with Gasteiger partial charge in [-0.2, -0.15) is 0 Å². The molecular weight excluding hydrogens is 312 g/mol. The molecule has 2 atom stereocenters. The SMILES string of the molecule is CN1C(=O)c2ccccc2[C@H](C(=O)O)[C@H]1c1cccc([N+](=O)[O-])c1. The van der Waals surface area contributed by atoms with Crippen LogP contribution in [-0.4, -0.2) is 33.9 Å². The van der Waals surface area contributed by atoms with Gasteiger partial charge in [0.15, 0.2) is 0 Å². The van der Waals surface area contributed by atoms with E-state index in [0.717, 1.165) is 0 Å². The van der Waals surface area contributed by atoms with E-state index >= 15 is 0 Å². The molecule has 24 heavy (non-hydrogen) atoms. The summed E-state index contributed by atoms with van der Waals surface area (Å²) in [5, 5.41) is 20.7. The summed E-state index contributed by atoms with van der Waals surface area (Å²) < 4.78 is 0. The number of nitro benzene ring substituents is 1. The number of nitro groups is 1. The fraction of sp³-hybridized carbons (Fsp3) is 0.176. The molecule has 7 heteroatoms. The van der Waals surface area contributed by atoms with Gasteiger partial charge in [0.25, 0.3) is 11.6 Å². The first-order chi connectivity index (χ1) is 11.4. The molecule has 122 valence electrons. The largest absolute Gasteiger partial charge is 0.481 e. The quantitative estimate of drug-likeness (QED) is 0.690. The average Bonchev–Trinajstić information content (AvgIpc) is 2.57. The number of carboxylic acids is 1. The minimum Gasteiger partial charge on any atom is -0.481 e. The molecule has 2 aromatic rings. The maximum absolute atomic E-state index is 12.6. The van der Waals surface area contributed by atoms with Crippen LogP contribution in [0, 0.1) is 10.1 Å². The zero-order valence-electron chi connectivity index (χ0n) is 12.7. The van der Waals surface area contributed by atoms with E-state index in [4.69, 9.17) is 0 Å². The van der Waals surface area contributed by atoms with E-state index in [1.807, 2.05) is 0 Å². The third kappa shape index (κ3) is 2.40. The molecule has 0 aliphatic carbocycles. The number of aliphatic carboxylic acids is 1. The standard InChI is InChI=1S/C17H14N2O5/c1-18-15(10-5-4-6-11(9-10)19(23)24)14(17(21)22)12-7-2-3-8-13(12)16(18)20/h2-9,14-15H,1H3,(H,21,22)/t14-,15+/m0/s1. The number of carboxylic acid groups (broad SMARTS) is 1. The number of nitrogens with zero attached hydrogens (tertiary/aromatic N) is 2. The Morgan fingerprint density at radius 3 is 2.58 bits per heavy atom. The third-order valence-electron chi connectivity index (χ3n) is 4.27. The number of benzene rings is 2. The predicted octanol–water partition coefficient (Wildman–Crippen LogP) is 2.59. The van der Waals surface area contributed by atoms with Crippen LogP contribution < -0.4 is 0 Å². The van der Waals surface area contributed by atoms with Crippen molar-refractivity contribution in [2.75, 3.05) is 7.05 Å². The minimum atomic E-state index is -1.08. The fourth-order valence-corrected chi connectivity index (χ4v) is 3.18. The maximum Gasteiger partial charge on any atom is 0.313 e. The summed E-state index contributed by atoms with van der Waals surface area (Å²) in [5.74, 6) is -2.39. The Bertz CT molecular complexity index is 848. The van der Waals surface area contributed by atoms with E-state index in [9.17, 15) is 24.8 Å². The van der Waals surface area contributed by atoms with Gasteiger partial charge in [-0.25, -0.2) is 0 Å². The lowest BCUT2D eigenvalue weighted by molar-refractivity contribution is -0.385. The number of hydrogen-bond donors (Lipinski definition) is 1.